The van der Waals surface area contributed by atoms with Gasteiger partial charge in [-0.15, -0.1) is 0 Å². The van der Waals surface area contributed by atoms with Crippen LogP contribution in [0.15, 0.2) is 0 Å². The van der Waals surface area contributed by atoms with Crippen molar-refractivity contribution in [1.82, 2.24) is 4.90 Å². The molecule has 2 unspecified atom stereocenters. The van der Waals surface area contributed by atoms with Gasteiger partial charge in [0, 0.05) is 17.9 Å². The maximum absolute atomic E-state index is 12.0. The van der Waals surface area contributed by atoms with Gasteiger partial charge in [0.25, 0.3) is 0 Å². The van der Waals surface area contributed by atoms with Gasteiger partial charge in [0.15, 0.2) is 0 Å². The summed E-state index contributed by atoms with van der Waals surface area (Å²) in [5.74, 6) is 0. The maximum Gasteiger partial charge on any atom is 0.344 e. The Hall–Kier alpha value is 0.590. The molecular formula is C8H17BrNO3P. The van der Waals surface area contributed by atoms with Crippen molar-refractivity contribution in [2.24, 2.45) is 0 Å². The molecule has 6 heteroatoms. The standard InChI is InChI=1S/C8H17BrNO3P/c1-3-12-14(11,13-4-2)7-10-6-8(10)5-9/h8H,3-7H2,1-2H3. The second kappa shape index (κ2) is 5.61. The van der Waals surface area contributed by atoms with Crippen molar-refractivity contribution in [2.75, 3.05) is 31.4 Å². The summed E-state index contributed by atoms with van der Waals surface area (Å²) >= 11 is 3.39. The van der Waals surface area contributed by atoms with E-state index in [9.17, 15) is 4.57 Å². The van der Waals surface area contributed by atoms with Gasteiger partial charge in [0.2, 0.25) is 0 Å². The highest BCUT2D eigenvalue weighted by Crippen LogP contribution is 2.50. The first-order valence-electron chi connectivity index (χ1n) is 4.83. The number of alkyl halides is 1. The third kappa shape index (κ3) is 3.63. The van der Waals surface area contributed by atoms with Crippen molar-refractivity contribution in [3.8, 4) is 0 Å². The molecule has 0 aromatic carbocycles. The van der Waals surface area contributed by atoms with E-state index in [1.165, 1.54) is 0 Å². The Bertz CT molecular complexity index is 217. The molecule has 0 bridgehead atoms. The van der Waals surface area contributed by atoms with E-state index in [0.717, 1.165) is 11.9 Å². The van der Waals surface area contributed by atoms with Crippen LogP contribution in [0.4, 0.5) is 0 Å². The summed E-state index contributed by atoms with van der Waals surface area (Å²) in [6.07, 6.45) is 0.422. The zero-order valence-corrected chi connectivity index (χ0v) is 11.1. The average molecular weight is 286 g/mol. The summed E-state index contributed by atoms with van der Waals surface area (Å²) in [4.78, 5) is 2.10. The fourth-order valence-electron chi connectivity index (χ4n) is 1.28. The van der Waals surface area contributed by atoms with Crippen LogP contribution in [-0.4, -0.2) is 42.3 Å². The van der Waals surface area contributed by atoms with Gasteiger partial charge >= 0.3 is 7.60 Å². The van der Waals surface area contributed by atoms with E-state index in [2.05, 4.69) is 20.8 Å². The number of halogens is 1. The molecule has 0 spiro atoms. The van der Waals surface area contributed by atoms with Gasteiger partial charge in [-0.25, -0.2) is 0 Å². The second-order valence-corrected chi connectivity index (χ2v) is 5.84. The van der Waals surface area contributed by atoms with E-state index in [4.69, 9.17) is 9.05 Å². The minimum absolute atomic E-state index is 0.422. The number of hydrogen-bond donors (Lipinski definition) is 0. The molecule has 84 valence electrons. The molecule has 2 atom stereocenters. The Morgan fingerprint density at radius 2 is 2.00 bits per heavy atom. The average Bonchev–Trinajstić information content (AvgIpc) is 2.83. The molecule has 0 saturated carbocycles. The highest BCUT2D eigenvalue weighted by atomic mass is 79.9. The van der Waals surface area contributed by atoms with Crippen LogP contribution >= 0.6 is 23.5 Å². The summed E-state index contributed by atoms with van der Waals surface area (Å²) in [6, 6.07) is 0.504. The Balaban J connectivity index is 2.39. The molecule has 0 aromatic heterocycles. The molecule has 1 aliphatic rings. The van der Waals surface area contributed by atoms with Gasteiger partial charge in [0.05, 0.1) is 13.2 Å². The van der Waals surface area contributed by atoms with Crippen molar-refractivity contribution >= 4 is 23.5 Å². The summed E-state index contributed by atoms with van der Waals surface area (Å²) in [7, 11) is -2.86. The van der Waals surface area contributed by atoms with E-state index in [-0.39, 0.29) is 0 Å². The third-order valence-electron chi connectivity index (χ3n) is 2.01. The molecule has 0 radical (unpaired) electrons. The lowest BCUT2D eigenvalue weighted by Crippen LogP contribution is -2.09. The normalized spacial score (nSPS) is 26.5. The van der Waals surface area contributed by atoms with Crippen molar-refractivity contribution in [3.63, 3.8) is 0 Å². The van der Waals surface area contributed by atoms with Gasteiger partial charge in [-0.2, -0.15) is 0 Å². The maximum atomic E-state index is 12.0. The molecule has 4 nitrogen and oxygen atoms in total. The van der Waals surface area contributed by atoms with Gasteiger partial charge in [-0.3, -0.25) is 9.46 Å². The lowest BCUT2D eigenvalue weighted by Gasteiger charge is -2.17. The molecule has 0 amide bonds. The van der Waals surface area contributed by atoms with Gasteiger partial charge in [0.1, 0.15) is 6.29 Å². The van der Waals surface area contributed by atoms with Crippen LogP contribution < -0.4 is 0 Å². The molecule has 1 saturated heterocycles. The lowest BCUT2D eigenvalue weighted by atomic mass is 10.6. The van der Waals surface area contributed by atoms with Crippen LogP contribution in [0.2, 0.25) is 0 Å². The van der Waals surface area contributed by atoms with Crippen molar-refractivity contribution in [1.29, 1.82) is 0 Å². The molecule has 1 rings (SSSR count). The quantitative estimate of drug-likeness (QED) is 0.409. The van der Waals surface area contributed by atoms with E-state index in [0.29, 0.717) is 25.5 Å². The third-order valence-corrected chi connectivity index (χ3v) is 4.77. The monoisotopic (exact) mass is 285 g/mol. The highest BCUT2D eigenvalue weighted by Gasteiger charge is 2.39. The molecule has 0 aromatic rings. The molecule has 1 heterocycles. The molecular weight excluding hydrogens is 269 g/mol. The van der Waals surface area contributed by atoms with Crippen LogP contribution in [0.1, 0.15) is 13.8 Å². The Morgan fingerprint density at radius 1 is 1.43 bits per heavy atom. The minimum Gasteiger partial charge on any atom is -0.308 e. The molecule has 1 aliphatic heterocycles. The fraction of sp³-hybridized carbons (Fsp3) is 1.00. The van der Waals surface area contributed by atoms with E-state index in [1.54, 1.807) is 0 Å². The topological polar surface area (TPSA) is 38.5 Å². The van der Waals surface area contributed by atoms with E-state index < -0.39 is 7.60 Å². The van der Waals surface area contributed by atoms with Crippen LogP contribution in [0.25, 0.3) is 0 Å². The van der Waals surface area contributed by atoms with Crippen LogP contribution in [-0.2, 0) is 13.6 Å². The predicted octanol–water partition coefficient (Wildman–Crippen LogP) is 2.29. The Labute approximate surface area is 93.6 Å². The highest BCUT2D eigenvalue weighted by molar-refractivity contribution is 9.09. The number of nitrogens with zero attached hydrogens (tertiary/aromatic N) is 1. The van der Waals surface area contributed by atoms with Gasteiger partial charge in [-0.1, -0.05) is 15.9 Å². The summed E-state index contributed by atoms with van der Waals surface area (Å²) in [6.45, 7) is 5.51. The van der Waals surface area contributed by atoms with Crippen LogP contribution in [0.3, 0.4) is 0 Å². The smallest absolute Gasteiger partial charge is 0.308 e. The first kappa shape index (κ1) is 12.7. The summed E-state index contributed by atoms with van der Waals surface area (Å²) in [5, 5.41) is 0.922. The van der Waals surface area contributed by atoms with Gasteiger partial charge < -0.3 is 9.05 Å². The fourth-order valence-corrected chi connectivity index (χ4v) is 3.71. The first-order chi connectivity index (χ1) is 6.65. The molecule has 14 heavy (non-hydrogen) atoms. The van der Waals surface area contributed by atoms with Crippen molar-refractivity contribution < 1.29 is 13.6 Å². The number of hydrogen-bond acceptors (Lipinski definition) is 4. The largest absolute Gasteiger partial charge is 0.344 e. The van der Waals surface area contributed by atoms with Crippen LogP contribution in [0, 0.1) is 0 Å². The van der Waals surface area contributed by atoms with Gasteiger partial charge in [-0.05, 0) is 13.8 Å². The summed E-state index contributed by atoms with van der Waals surface area (Å²) in [5.41, 5.74) is 0. The van der Waals surface area contributed by atoms with Crippen molar-refractivity contribution in [2.45, 2.75) is 19.9 Å². The van der Waals surface area contributed by atoms with E-state index >= 15 is 0 Å². The minimum atomic E-state index is -2.86. The first-order valence-corrected chi connectivity index (χ1v) is 7.68. The van der Waals surface area contributed by atoms with Crippen LogP contribution in [0.5, 0.6) is 0 Å². The van der Waals surface area contributed by atoms with Crippen molar-refractivity contribution in [3.05, 3.63) is 0 Å². The zero-order chi connectivity index (χ0) is 10.6. The molecule has 0 N–H and O–H groups in total. The zero-order valence-electron chi connectivity index (χ0n) is 8.61. The SMILES string of the molecule is CCOP(=O)(CN1CC1CBr)OCC. The Kier molecular flexibility index (Phi) is 5.08. The molecule has 0 aliphatic carbocycles. The van der Waals surface area contributed by atoms with E-state index in [1.807, 2.05) is 13.8 Å². The second-order valence-electron chi connectivity index (χ2n) is 3.17. The lowest BCUT2D eigenvalue weighted by molar-refractivity contribution is 0.213. The predicted molar refractivity (Wildman–Crippen MR) is 60.0 cm³/mol. The summed E-state index contributed by atoms with van der Waals surface area (Å²) < 4.78 is 22.4. The Morgan fingerprint density at radius 3 is 2.36 bits per heavy atom. The number of rotatable bonds is 7. The molecule has 1 fully saturated rings.